The third-order valence-corrected chi connectivity index (χ3v) is 7.90. The molecule has 0 radical (unpaired) electrons. The molecule has 0 unspecified atom stereocenters. The molecule has 194 valence electrons. The monoisotopic (exact) mass is 526 g/mol. The van der Waals surface area contributed by atoms with Gasteiger partial charge in [0.2, 0.25) is 5.95 Å². The molecule has 0 spiro atoms. The maximum Gasteiger partial charge on any atom is 0.204 e. The number of hydrogen-bond acceptors (Lipinski definition) is 6. The standard InChI is InChI=1S/C30H31FN6S/c31-23-12-10-22(11-13-23)20-37-28-9-5-4-8-27(28)35-29(37)32-25-14-17-36(18-15-25)19-16-26-21-38-30(34-26)33-24-6-2-1-3-7-24/h1-13,21,25H,14-20H2,(H,32,35)(H,33,34). The molecule has 1 aliphatic rings. The first kappa shape index (κ1) is 24.6. The topological polar surface area (TPSA) is 58.0 Å². The number of rotatable bonds is 9. The van der Waals surface area contributed by atoms with Gasteiger partial charge in [-0.25, -0.2) is 14.4 Å². The van der Waals surface area contributed by atoms with Crippen LogP contribution in [-0.4, -0.2) is 45.1 Å². The molecule has 0 saturated carbocycles. The molecule has 3 heterocycles. The second-order valence-electron chi connectivity index (χ2n) is 9.78. The van der Waals surface area contributed by atoms with E-state index in [1.807, 2.05) is 48.5 Å². The maximum absolute atomic E-state index is 13.4. The number of para-hydroxylation sites is 3. The highest BCUT2D eigenvalue weighted by Gasteiger charge is 2.21. The van der Waals surface area contributed by atoms with E-state index in [2.05, 4.69) is 43.7 Å². The van der Waals surface area contributed by atoms with Gasteiger partial charge in [-0.05, 0) is 54.8 Å². The first-order valence-electron chi connectivity index (χ1n) is 13.1. The van der Waals surface area contributed by atoms with E-state index in [0.717, 1.165) is 78.0 Å². The first-order valence-corrected chi connectivity index (χ1v) is 14.0. The summed E-state index contributed by atoms with van der Waals surface area (Å²) in [5, 5.41) is 10.2. The zero-order chi connectivity index (χ0) is 25.7. The molecule has 0 bridgehead atoms. The Kier molecular flexibility index (Phi) is 7.33. The SMILES string of the molecule is Fc1ccc(Cn2c(NC3CCN(CCc4csc(Nc5ccccc5)n4)CC3)nc3ccccc32)cc1. The minimum absolute atomic E-state index is 0.214. The van der Waals surface area contributed by atoms with Crippen LogP contribution in [0.5, 0.6) is 0 Å². The summed E-state index contributed by atoms with van der Waals surface area (Å²) in [6, 6.07) is 25.5. The zero-order valence-corrected chi connectivity index (χ0v) is 22.0. The third-order valence-electron chi connectivity index (χ3n) is 7.09. The molecule has 2 N–H and O–H groups in total. The quantitative estimate of drug-likeness (QED) is 0.228. The average Bonchev–Trinajstić information content (AvgIpc) is 3.54. The first-order chi connectivity index (χ1) is 18.7. The van der Waals surface area contributed by atoms with E-state index in [0.29, 0.717) is 12.6 Å². The smallest absolute Gasteiger partial charge is 0.204 e. The lowest BCUT2D eigenvalue weighted by Gasteiger charge is -2.32. The zero-order valence-electron chi connectivity index (χ0n) is 21.2. The maximum atomic E-state index is 13.4. The highest BCUT2D eigenvalue weighted by molar-refractivity contribution is 7.13. The van der Waals surface area contributed by atoms with Crippen LogP contribution < -0.4 is 10.6 Å². The fourth-order valence-corrected chi connectivity index (χ4v) is 5.76. The van der Waals surface area contributed by atoms with E-state index in [-0.39, 0.29) is 5.82 Å². The summed E-state index contributed by atoms with van der Waals surface area (Å²) in [5.74, 6) is 0.670. The van der Waals surface area contributed by atoms with Crippen LogP contribution in [0.1, 0.15) is 24.1 Å². The number of thiazole rings is 1. The van der Waals surface area contributed by atoms with E-state index in [4.69, 9.17) is 9.97 Å². The Morgan fingerprint density at radius 1 is 0.895 bits per heavy atom. The Morgan fingerprint density at radius 2 is 1.66 bits per heavy atom. The second kappa shape index (κ2) is 11.3. The van der Waals surface area contributed by atoms with Crippen molar-refractivity contribution in [2.75, 3.05) is 30.3 Å². The molecule has 6 nitrogen and oxygen atoms in total. The van der Waals surface area contributed by atoms with E-state index in [1.54, 1.807) is 11.3 Å². The van der Waals surface area contributed by atoms with Gasteiger partial charge in [0.25, 0.3) is 0 Å². The second-order valence-corrected chi connectivity index (χ2v) is 10.6. The predicted octanol–water partition coefficient (Wildman–Crippen LogP) is 6.54. The van der Waals surface area contributed by atoms with Gasteiger partial charge in [-0.15, -0.1) is 11.3 Å². The fraction of sp³-hybridized carbons (Fsp3) is 0.267. The van der Waals surface area contributed by atoms with Crippen molar-refractivity contribution in [2.45, 2.75) is 31.8 Å². The van der Waals surface area contributed by atoms with Crippen LogP contribution in [0.4, 0.5) is 21.2 Å². The van der Waals surface area contributed by atoms with Crippen molar-refractivity contribution in [1.29, 1.82) is 0 Å². The van der Waals surface area contributed by atoms with E-state index in [1.165, 1.54) is 12.1 Å². The number of nitrogens with zero attached hydrogens (tertiary/aromatic N) is 4. The van der Waals surface area contributed by atoms with Crippen molar-refractivity contribution < 1.29 is 4.39 Å². The normalized spacial score (nSPS) is 14.7. The molecule has 1 saturated heterocycles. The number of fused-ring (bicyclic) bond motifs is 1. The van der Waals surface area contributed by atoms with Crippen LogP contribution >= 0.6 is 11.3 Å². The van der Waals surface area contributed by atoms with Crippen LogP contribution in [0.15, 0.2) is 84.2 Å². The number of benzene rings is 3. The summed E-state index contributed by atoms with van der Waals surface area (Å²) in [7, 11) is 0. The number of anilines is 3. The van der Waals surface area contributed by atoms with Crippen LogP contribution in [0.3, 0.4) is 0 Å². The highest BCUT2D eigenvalue weighted by atomic mass is 32.1. The van der Waals surface area contributed by atoms with Crippen molar-refractivity contribution in [3.8, 4) is 0 Å². The number of aromatic nitrogens is 3. The summed E-state index contributed by atoms with van der Waals surface area (Å²) >= 11 is 1.66. The number of nitrogens with one attached hydrogen (secondary N) is 2. The third kappa shape index (κ3) is 5.87. The summed E-state index contributed by atoms with van der Waals surface area (Å²) in [4.78, 5) is 12.2. The molecule has 0 atom stereocenters. The van der Waals surface area contributed by atoms with Gasteiger partial charge >= 0.3 is 0 Å². The Labute approximate surface area is 226 Å². The molecule has 1 aliphatic heterocycles. The fourth-order valence-electron chi connectivity index (χ4n) is 5.00. The van der Waals surface area contributed by atoms with Gasteiger partial charge in [0.1, 0.15) is 5.82 Å². The van der Waals surface area contributed by atoms with Crippen molar-refractivity contribution in [2.24, 2.45) is 0 Å². The molecule has 1 fully saturated rings. The van der Waals surface area contributed by atoms with Gasteiger partial charge in [0, 0.05) is 43.2 Å². The largest absolute Gasteiger partial charge is 0.353 e. The van der Waals surface area contributed by atoms with Crippen molar-refractivity contribution in [3.05, 3.63) is 101 Å². The van der Waals surface area contributed by atoms with Gasteiger partial charge in [-0.2, -0.15) is 0 Å². The van der Waals surface area contributed by atoms with Gasteiger partial charge in [-0.3, -0.25) is 0 Å². The lowest BCUT2D eigenvalue weighted by atomic mass is 10.0. The van der Waals surface area contributed by atoms with E-state index < -0.39 is 0 Å². The van der Waals surface area contributed by atoms with Crippen LogP contribution in [0.25, 0.3) is 11.0 Å². The molecule has 0 aliphatic carbocycles. The summed E-state index contributed by atoms with van der Waals surface area (Å²) in [6.45, 7) is 3.77. The van der Waals surface area contributed by atoms with E-state index in [9.17, 15) is 4.39 Å². The van der Waals surface area contributed by atoms with Crippen molar-refractivity contribution >= 4 is 39.1 Å². The average molecular weight is 527 g/mol. The van der Waals surface area contributed by atoms with Crippen molar-refractivity contribution in [3.63, 3.8) is 0 Å². The highest BCUT2D eigenvalue weighted by Crippen LogP contribution is 2.25. The van der Waals surface area contributed by atoms with Gasteiger partial charge in [0.15, 0.2) is 5.13 Å². The van der Waals surface area contributed by atoms with Crippen LogP contribution in [0, 0.1) is 5.82 Å². The van der Waals surface area contributed by atoms with Gasteiger partial charge < -0.3 is 20.1 Å². The molecule has 5 aromatic rings. The number of likely N-dealkylation sites (tertiary alicyclic amines) is 1. The Morgan fingerprint density at radius 3 is 2.47 bits per heavy atom. The molecular weight excluding hydrogens is 495 g/mol. The van der Waals surface area contributed by atoms with Crippen molar-refractivity contribution in [1.82, 2.24) is 19.4 Å². The molecule has 0 amide bonds. The Hall–Kier alpha value is -3.75. The summed E-state index contributed by atoms with van der Waals surface area (Å²) < 4.78 is 15.6. The van der Waals surface area contributed by atoms with Crippen LogP contribution in [-0.2, 0) is 13.0 Å². The minimum atomic E-state index is -0.214. The number of piperidine rings is 1. The van der Waals surface area contributed by atoms with E-state index >= 15 is 0 Å². The summed E-state index contributed by atoms with van der Waals surface area (Å²) in [6.07, 6.45) is 3.09. The molecule has 6 rings (SSSR count). The van der Waals surface area contributed by atoms with Crippen LogP contribution in [0.2, 0.25) is 0 Å². The van der Waals surface area contributed by atoms with Gasteiger partial charge in [-0.1, -0.05) is 42.5 Å². The Bertz CT molecular complexity index is 1470. The lowest BCUT2D eigenvalue weighted by molar-refractivity contribution is 0.220. The molecule has 38 heavy (non-hydrogen) atoms. The number of imidazole rings is 1. The number of hydrogen-bond donors (Lipinski definition) is 2. The minimum Gasteiger partial charge on any atom is -0.353 e. The predicted molar refractivity (Wildman–Crippen MR) is 154 cm³/mol. The molecule has 2 aromatic heterocycles. The molecule has 3 aromatic carbocycles. The lowest BCUT2D eigenvalue weighted by Crippen LogP contribution is -2.40. The Balaban J connectivity index is 1.04. The van der Waals surface area contributed by atoms with Gasteiger partial charge in [0.05, 0.1) is 23.3 Å². The number of halogens is 1. The summed E-state index contributed by atoms with van der Waals surface area (Å²) in [5.41, 5.74) is 5.31. The molecular formula is C30H31FN6S. The molecule has 8 heteroatoms.